The summed E-state index contributed by atoms with van der Waals surface area (Å²) >= 11 is 0. The van der Waals surface area contributed by atoms with Gasteiger partial charge in [0.05, 0.1) is 0 Å². The summed E-state index contributed by atoms with van der Waals surface area (Å²) in [5.74, 6) is 0.0158. The molecule has 0 radical (unpaired) electrons. The Kier molecular flexibility index (Phi) is 4.20. The largest absolute Gasteiger partial charge is 0.388 e. The van der Waals surface area contributed by atoms with Crippen molar-refractivity contribution in [2.24, 2.45) is 0 Å². The number of amides is 1. The molecule has 0 spiro atoms. The molecule has 0 atom stereocenters. The zero-order chi connectivity index (χ0) is 13.0. The minimum absolute atomic E-state index is 0.0158. The number of ether oxygens (including phenoxy) is 1. The SMILES string of the molecule is CNc1ccc(C(=O)NC2CCOCC2)c(C)c1. The summed E-state index contributed by atoms with van der Waals surface area (Å²) in [7, 11) is 1.87. The maximum Gasteiger partial charge on any atom is 0.251 e. The van der Waals surface area contributed by atoms with Gasteiger partial charge in [0.15, 0.2) is 0 Å². The normalized spacial score (nSPS) is 16.3. The molecule has 1 aromatic carbocycles. The third-order valence-electron chi connectivity index (χ3n) is 3.32. The number of rotatable bonds is 3. The van der Waals surface area contributed by atoms with Gasteiger partial charge in [0.25, 0.3) is 5.91 Å². The number of aryl methyl sites for hydroxylation is 1. The van der Waals surface area contributed by atoms with Crippen LogP contribution in [0, 0.1) is 6.92 Å². The first-order chi connectivity index (χ1) is 8.70. The molecule has 1 aromatic rings. The van der Waals surface area contributed by atoms with Crippen LogP contribution in [0.15, 0.2) is 18.2 Å². The highest BCUT2D eigenvalue weighted by molar-refractivity contribution is 5.96. The van der Waals surface area contributed by atoms with Gasteiger partial charge in [-0.15, -0.1) is 0 Å². The average molecular weight is 248 g/mol. The summed E-state index contributed by atoms with van der Waals surface area (Å²) in [5.41, 5.74) is 2.77. The van der Waals surface area contributed by atoms with Crippen LogP contribution in [0.25, 0.3) is 0 Å². The first-order valence-electron chi connectivity index (χ1n) is 6.37. The van der Waals surface area contributed by atoms with Crippen LogP contribution in [0.2, 0.25) is 0 Å². The van der Waals surface area contributed by atoms with Crippen LogP contribution >= 0.6 is 0 Å². The highest BCUT2D eigenvalue weighted by atomic mass is 16.5. The molecule has 0 aromatic heterocycles. The minimum atomic E-state index is 0.0158. The van der Waals surface area contributed by atoms with Crippen LogP contribution in [-0.2, 0) is 4.74 Å². The van der Waals surface area contributed by atoms with Crippen LogP contribution in [0.3, 0.4) is 0 Å². The minimum Gasteiger partial charge on any atom is -0.388 e. The molecule has 1 saturated heterocycles. The van der Waals surface area contributed by atoms with Crippen molar-refractivity contribution in [1.29, 1.82) is 0 Å². The lowest BCUT2D eigenvalue weighted by Gasteiger charge is -2.23. The van der Waals surface area contributed by atoms with Crippen molar-refractivity contribution in [3.8, 4) is 0 Å². The van der Waals surface area contributed by atoms with Gasteiger partial charge < -0.3 is 15.4 Å². The van der Waals surface area contributed by atoms with Gasteiger partial charge in [-0.05, 0) is 43.5 Å². The zero-order valence-electron chi connectivity index (χ0n) is 11.0. The molecule has 0 unspecified atom stereocenters. The number of hydrogen-bond acceptors (Lipinski definition) is 3. The molecule has 4 heteroatoms. The first kappa shape index (κ1) is 12.9. The highest BCUT2D eigenvalue weighted by Gasteiger charge is 2.17. The van der Waals surface area contributed by atoms with E-state index in [-0.39, 0.29) is 11.9 Å². The molecule has 2 rings (SSSR count). The fourth-order valence-corrected chi connectivity index (χ4v) is 2.18. The maximum absolute atomic E-state index is 12.2. The van der Waals surface area contributed by atoms with Gasteiger partial charge in [0, 0.05) is 37.6 Å². The molecule has 1 amide bonds. The van der Waals surface area contributed by atoms with Crippen molar-refractivity contribution >= 4 is 11.6 Å². The van der Waals surface area contributed by atoms with Crippen LogP contribution in [0.5, 0.6) is 0 Å². The summed E-state index contributed by atoms with van der Waals surface area (Å²) < 4.78 is 5.28. The van der Waals surface area contributed by atoms with E-state index in [4.69, 9.17) is 4.74 Å². The molecule has 18 heavy (non-hydrogen) atoms. The van der Waals surface area contributed by atoms with E-state index in [1.807, 2.05) is 32.2 Å². The van der Waals surface area contributed by atoms with Gasteiger partial charge in [0.1, 0.15) is 0 Å². The summed E-state index contributed by atoms with van der Waals surface area (Å²) in [6.45, 7) is 3.44. The summed E-state index contributed by atoms with van der Waals surface area (Å²) in [6.07, 6.45) is 1.80. The van der Waals surface area contributed by atoms with Crippen molar-refractivity contribution in [2.45, 2.75) is 25.8 Å². The number of anilines is 1. The van der Waals surface area contributed by atoms with Crippen LogP contribution < -0.4 is 10.6 Å². The standard InChI is InChI=1S/C14H20N2O2/c1-10-9-12(15-2)3-4-13(10)14(17)16-11-5-7-18-8-6-11/h3-4,9,11,15H,5-8H2,1-2H3,(H,16,17). The van der Waals surface area contributed by atoms with Gasteiger partial charge in [-0.2, -0.15) is 0 Å². The Hall–Kier alpha value is -1.55. The van der Waals surface area contributed by atoms with E-state index in [1.165, 1.54) is 0 Å². The smallest absolute Gasteiger partial charge is 0.251 e. The van der Waals surface area contributed by atoms with Crippen molar-refractivity contribution in [2.75, 3.05) is 25.6 Å². The van der Waals surface area contributed by atoms with Crippen molar-refractivity contribution < 1.29 is 9.53 Å². The number of carbonyl (C=O) groups is 1. The lowest BCUT2D eigenvalue weighted by Crippen LogP contribution is -2.39. The lowest BCUT2D eigenvalue weighted by molar-refractivity contribution is 0.0696. The number of carbonyl (C=O) groups excluding carboxylic acids is 1. The Morgan fingerprint density at radius 1 is 1.33 bits per heavy atom. The maximum atomic E-state index is 12.2. The fraction of sp³-hybridized carbons (Fsp3) is 0.500. The van der Waals surface area contributed by atoms with Gasteiger partial charge in [-0.25, -0.2) is 0 Å². The predicted molar refractivity (Wildman–Crippen MR) is 72.0 cm³/mol. The zero-order valence-corrected chi connectivity index (χ0v) is 11.0. The third kappa shape index (κ3) is 3.01. The molecule has 0 aliphatic carbocycles. The Bertz CT molecular complexity index is 426. The quantitative estimate of drug-likeness (QED) is 0.859. The topological polar surface area (TPSA) is 50.4 Å². The Morgan fingerprint density at radius 2 is 2.06 bits per heavy atom. The highest BCUT2D eigenvalue weighted by Crippen LogP contribution is 2.15. The molecule has 98 valence electrons. The van der Waals surface area contributed by atoms with E-state index in [0.717, 1.165) is 42.9 Å². The number of benzene rings is 1. The monoisotopic (exact) mass is 248 g/mol. The number of nitrogens with one attached hydrogen (secondary N) is 2. The van der Waals surface area contributed by atoms with Gasteiger partial charge in [-0.1, -0.05) is 0 Å². The Balaban J connectivity index is 2.03. The molecular formula is C14H20N2O2. The number of hydrogen-bond donors (Lipinski definition) is 2. The van der Waals surface area contributed by atoms with Crippen LogP contribution in [0.1, 0.15) is 28.8 Å². The van der Waals surface area contributed by atoms with Gasteiger partial charge in [-0.3, -0.25) is 4.79 Å². The van der Waals surface area contributed by atoms with Gasteiger partial charge >= 0.3 is 0 Å². The van der Waals surface area contributed by atoms with Crippen molar-refractivity contribution in [1.82, 2.24) is 5.32 Å². The van der Waals surface area contributed by atoms with E-state index < -0.39 is 0 Å². The third-order valence-corrected chi connectivity index (χ3v) is 3.32. The lowest BCUT2D eigenvalue weighted by atomic mass is 10.0. The molecule has 0 bridgehead atoms. The molecule has 1 aliphatic heterocycles. The molecular weight excluding hydrogens is 228 g/mol. The van der Waals surface area contributed by atoms with E-state index >= 15 is 0 Å². The van der Waals surface area contributed by atoms with Crippen molar-refractivity contribution in [3.05, 3.63) is 29.3 Å². The second-order valence-corrected chi connectivity index (χ2v) is 4.64. The average Bonchev–Trinajstić information content (AvgIpc) is 2.39. The molecule has 2 N–H and O–H groups in total. The second-order valence-electron chi connectivity index (χ2n) is 4.64. The van der Waals surface area contributed by atoms with Crippen LogP contribution in [-0.4, -0.2) is 32.2 Å². The fourth-order valence-electron chi connectivity index (χ4n) is 2.18. The second kappa shape index (κ2) is 5.87. The van der Waals surface area contributed by atoms with E-state index in [1.54, 1.807) is 0 Å². The summed E-state index contributed by atoms with van der Waals surface area (Å²) in [4.78, 5) is 12.2. The predicted octanol–water partition coefficient (Wildman–Crippen LogP) is 1.95. The van der Waals surface area contributed by atoms with E-state index in [0.29, 0.717) is 0 Å². The molecule has 1 fully saturated rings. The van der Waals surface area contributed by atoms with Crippen LogP contribution in [0.4, 0.5) is 5.69 Å². The summed E-state index contributed by atoms with van der Waals surface area (Å²) in [5, 5.41) is 6.14. The van der Waals surface area contributed by atoms with E-state index in [2.05, 4.69) is 10.6 Å². The van der Waals surface area contributed by atoms with Gasteiger partial charge in [0.2, 0.25) is 0 Å². The van der Waals surface area contributed by atoms with Crippen molar-refractivity contribution in [3.63, 3.8) is 0 Å². The molecule has 0 saturated carbocycles. The molecule has 1 heterocycles. The first-order valence-corrected chi connectivity index (χ1v) is 6.37. The molecule has 4 nitrogen and oxygen atoms in total. The molecule has 1 aliphatic rings. The Labute approximate surface area is 108 Å². The van der Waals surface area contributed by atoms with E-state index in [9.17, 15) is 4.79 Å². The Morgan fingerprint density at radius 3 is 2.67 bits per heavy atom. The summed E-state index contributed by atoms with van der Waals surface area (Å²) in [6, 6.07) is 6.02.